The summed E-state index contributed by atoms with van der Waals surface area (Å²) in [7, 11) is 1.40. The number of aromatic nitrogens is 2. The summed E-state index contributed by atoms with van der Waals surface area (Å²) >= 11 is 0. The third-order valence-corrected chi connectivity index (χ3v) is 2.14. The average Bonchev–Trinajstić information content (AvgIpc) is 2.33. The van der Waals surface area contributed by atoms with Crippen molar-refractivity contribution < 1.29 is 13.5 Å². The third kappa shape index (κ3) is 2.45. The number of methoxy groups -OCH3 is 1. The number of hydrogen-bond acceptors (Lipinski definition) is 5. The van der Waals surface area contributed by atoms with Gasteiger partial charge in [-0.25, -0.2) is 8.78 Å². The van der Waals surface area contributed by atoms with E-state index in [1.807, 2.05) is 0 Å². The van der Waals surface area contributed by atoms with Crippen molar-refractivity contribution in [2.45, 2.75) is 0 Å². The molecule has 2 rings (SSSR count). The Balaban J connectivity index is 2.37. The van der Waals surface area contributed by atoms with E-state index in [4.69, 9.17) is 10.5 Å². The van der Waals surface area contributed by atoms with Crippen LogP contribution in [0.4, 0.5) is 26.2 Å². The maximum Gasteiger partial charge on any atom is 0.225 e. The fraction of sp³-hybridized carbons (Fsp3) is 0.0909. The first-order chi connectivity index (χ1) is 8.60. The molecule has 0 radical (unpaired) electrons. The average molecular weight is 252 g/mol. The molecule has 0 unspecified atom stereocenters. The van der Waals surface area contributed by atoms with Gasteiger partial charge < -0.3 is 15.8 Å². The largest absolute Gasteiger partial charge is 0.481 e. The van der Waals surface area contributed by atoms with Crippen molar-refractivity contribution in [3.05, 3.63) is 35.9 Å². The Morgan fingerprint density at radius 2 is 1.89 bits per heavy atom. The quantitative estimate of drug-likeness (QED) is 0.875. The van der Waals surface area contributed by atoms with Gasteiger partial charge >= 0.3 is 0 Å². The van der Waals surface area contributed by atoms with E-state index in [9.17, 15) is 8.78 Å². The van der Waals surface area contributed by atoms with Crippen LogP contribution in [-0.2, 0) is 0 Å². The number of nitrogens with two attached hydrogens (primary N) is 1. The highest BCUT2D eigenvalue weighted by Crippen LogP contribution is 2.23. The second kappa shape index (κ2) is 4.82. The van der Waals surface area contributed by atoms with Crippen molar-refractivity contribution in [2.75, 3.05) is 18.2 Å². The molecule has 0 fully saturated rings. The van der Waals surface area contributed by atoms with Crippen molar-refractivity contribution in [2.24, 2.45) is 0 Å². The Labute approximate surface area is 102 Å². The molecule has 94 valence electrons. The fourth-order valence-electron chi connectivity index (χ4n) is 1.36. The van der Waals surface area contributed by atoms with Crippen molar-refractivity contribution in [3.8, 4) is 5.88 Å². The lowest BCUT2D eigenvalue weighted by Crippen LogP contribution is -2.04. The Morgan fingerprint density at radius 3 is 2.50 bits per heavy atom. The molecule has 0 atom stereocenters. The van der Waals surface area contributed by atoms with Crippen LogP contribution in [0.3, 0.4) is 0 Å². The molecule has 7 heteroatoms. The molecule has 1 aromatic carbocycles. The van der Waals surface area contributed by atoms with Gasteiger partial charge in [-0.2, -0.15) is 9.97 Å². The minimum atomic E-state index is -0.730. The monoisotopic (exact) mass is 252 g/mol. The third-order valence-electron chi connectivity index (χ3n) is 2.14. The number of nitrogens with one attached hydrogen (secondary N) is 1. The Hall–Kier alpha value is -2.44. The summed E-state index contributed by atoms with van der Waals surface area (Å²) in [5, 5.41) is 2.49. The van der Waals surface area contributed by atoms with Gasteiger partial charge in [0.1, 0.15) is 23.1 Å². The zero-order valence-electron chi connectivity index (χ0n) is 9.45. The Bertz CT molecular complexity index is 557. The van der Waals surface area contributed by atoms with Crippen LogP contribution in [0.25, 0.3) is 0 Å². The van der Waals surface area contributed by atoms with Crippen LogP contribution < -0.4 is 15.8 Å². The maximum absolute atomic E-state index is 13.4. The molecule has 1 aromatic heterocycles. The van der Waals surface area contributed by atoms with E-state index >= 15 is 0 Å². The van der Waals surface area contributed by atoms with Crippen LogP contribution in [0, 0.1) is 11.6 Å². The van der Waals surface area contributed by atoms with Crippen LogP contribution in [0.5, 0.6) is 5.88 Å². The molecule has 0 aliphatic carbocycles. The number of hydrogen-bond donors (Lipinski definition) is 2. The molecular formula is C11H10F2N4O. The van der Waals surface area contributed by atoms with E-state index in [2.05, 4.69) is 15.3 Å². The number of nitrogens with zero attached hydrogens (tertiary/aromatic N) is 2. The van der Waals surface area contributed by atoms with Crippen LogP contribution >= 0.6 is 0 Å². The highest BCUT2D eigenvalue weighted by Gasteiger charge is 2.10. The number of nitrogen functional groups attached to an aromatic ring is 1. The van der Waals surface area contributed by atoms with E-state index < -0.39 is 11.6 Å². The van der Waals surface area contributed by atoms with E-state index in [-0.39, 0.29) is 23.3 Å². The van der Waals surface area contributed by atoms with Gasteiger partial charge in [-0.1, -0.05) is 6.07 Å². The molecule has 0 aliphatic heterocycles. The lowest BCUT2D eigenvalue weighted by atomic mass is 10.3. The molecule has 2 aromatic rings. The van der Waals surface area contributed by atoms with Gasteiger partial charge in [0.25, 0.3) is 0 Å². The van der Waals surface area contributed by atoms with E-state index in [1.165, 1.54) is 19.2 Å². The summed E-state index contributed by atoms with van der Waals surface area (Å²) in [4.78, 5) is 7.56. The molecule has 0 aliphatic rings. The van der Waals surface area contributed by atoms with Crippen LogP contribution in [0.1, 0.15) is 0 Å². The number of rotatable bonds is 3. The van der Waals surface area contributed by atoms with Crippen molar-refractivity contribution in [1.29, 1.82) is 0 Å². The molecule has 0 bridgehead atoms. The summed E-state index contributed by atoms with van der Waals surface area (Å²) in [6, 6.07) is 4.91. The number of anilines is 3. The number of halogens is 2. The highest BCUT2D eigenvalue weighted by molar-refractivity contribution is 5.59. The van der Waals surface area contributed by atoms with E-state index in [1.54, 1.807) is 0 Å². The van der Waals surface area contributed by atoms with Crippen LogP contribution in [0.15, 0.2) is 24.3 Å². The summed E-state index contributed by atoms with van der Waals surface area (Å²) in [5.41, 5.74) is 5.13. The SMILES string of the molecule is COc1cc(Nc2c(F)cccc2F)nc(N)n1. The highest BCUT2D eigenvalue weighted by atomic mass is 19.1. The molecular weight excluding hydrogens is 242 g/mol. The number of benzene rings is 1. The molecule has 18 heavy (non-hydrogen) atoms. The molecule has 0 saturated carbocycles. The summed E-state index contributed by atoms with van der Waals surface area (Å²) in [6.07, 6.45) is 0. The first-order valence-electron chi connectivity index (χ1n) is 4.99. The molecule has 5 nitrogen and oxygen atoms in total. The normalized spacial score (nSPS) is 10.2. The molecule has 1 heterocycles. The predicted octanol–water partition coefficient (Wildman–Crippen LogP) is 2.09. The van der Waals surface area contributed by atoms with Gasteiger partial charge in [0, 0.05) is 6.07 Å². The van der Waals surface area contributed by atoms with Crippen LogP contribution in [0.2, 0.25) is 0 Å². The molecule has 3 N–H and O–H groups in total. The van der Waals surface area contributed by atoms with Gasteiger partial charge in [0.15, 0.2) is 0 Å². The smallest absolute Gasteiger partial charge is 0.225 e. The predicted molar refractivity (Wildman–Crippen MR) is 62.6 cm³/mol. The standard InChI is InChI=1S/C11H10F2N4O/c1-18-9-5-8(16-11(14)17-9)15-10-6(12)3-2-4-7(10)13/h2-5H,1H3,(H3,14,15,16,17). The van der Waals surface area contributed by atoms with Crippen molar-refractivity contribution in [1.82, 2.24) is 9.97 Å². The van der Waals surface area contributed by atoms with Gasteiger partial charge in [0.2, 0.25) is 11.8 Å². The summed E-state index contributed by atoms with van der Waals surface area (Å²) < 4.78 is 31.7. The van der Waals surface area contributed by atoms with E-state index in [0.29, 0.717) is 0 Å². The van der Waals surface area contributed by atoms with Crippen LogP contribution in [-0.4, -0.2) is 17.1 Å². The topological polar surface area (TPSA) is 73.1 Å². The molecule has 0 amide bonds. The van der Waals surface area contributed by atoms with Crippen molar-refractivity contribution in [3.63, 3.8) is 0 Å². The fourth-order valence-corrected chi connectivity index (χ4v) is 1.36. The molecule has 0 spiro atoms. The van der Waals surface area contributed by atoms with Gasteiger partial charge in [-0.3, -0.25) is 0 Å². The zero-order valence-corrected chi connectivity index (χ0v) is 9.45. The van der Waals surface area contributed by atoms with E-state index in [0.717, 1.165) is 12.1 Å². The summed E-state index contributed by atoms with van der Waals surface area (Å²) in [6.45, 7) is 0. The molecule has 0 saturated heterocycles. The minimum absolute atomic E-state index is 0.0615. The van der Waals surface area contributed by atoms with Crippen molar-refractivity contribution >= 4 is 17.5 Å². The lowest BCUT2D eigenvalue weighted by Gasteiger charge is -2.09. The second-order valence-electron chi connectivity index (χ2n) is 3.38. The zero-order chi connectivity index (χ0) is 13.1. The van der Waals surface area contributed by atoms with Gasteiger partial charge in [0.05, 0.1) is 7.11 Å². The lowest BCUT2D eigenvalue weighted by molar-refractivity contribution is 0.398. The Kier molecular flexibility index (Phi) is 3.22. The maximum atomic E-state index is 13.4. The second-order valence-corrected chi connectivity index (χ2v) is 3.38. The van der Waals surface area contributed by atoms with Gasteiger partial charge in [-0.15, -0.1) is 0 Å². The summed E-state index contributed by atoms with van der Waals surface area (Å²) in [5.74, 6) is -1.18. The number of para-hydroxylation sites is 1. The first-order valence-corrected chi connectivity index (χ1v) is 4.99. The van der Waals surface area contributed by atoms with Gasteiger partial charge in [-0.05, 0) is 12.1 Å². The minimum Gasteiger partial charge on any atom is -0.481 e. The number of ether oxygens (including phenoxy) is 1. The first kappa shape index (κ1) is 12.0. The Morgan fingerprint density at radius 1 is 1.22 bits per heavy atom.